The predicted molar refractivity (Wildman–Crippen MR) is 239 cm³/mol. The minimum atomic E-state index is -0.982. The Labute approximate surface area is 370 Å². The van der Waals surface area contributed by atoms with Gasteiger partial charge in [0.15, 0.2) is 0 Å². The largest absolute Gasteiger partial charge is 0.494 e. The van der Waals surface area contributed by atoms with Crippen LogP contribution < -0.4 is 15.4 Å². The second-order valence-electron chi connectivity index (χ2n) is 16.9. The number of carbonyl (C=O) groups is 5. The van der Waals surface area contributed by atoms with E-state index in [1.54, 1.807) is 18.2 Å². The highest BCUT2D eigenvalue weighted by Crippen LogP contribution is 2.38. The number of nitrogens with zero attached hydrogens (tertiary/aromatic N) is 6. The lowest BCUT2D eigenvalue weighted by Crippen LogP contribution is -2.52. The molecule has 3 aliphatic rings. The van der Waals surface area contributed by atoms with Crippen LogP contribution in [0.2, 0.25) is 5.02 Å². The third-order valence-corrected chi connectivity index (χ3v) is 13.3. The van der Waals surface area contributed by atoms with Gasteiger partial charge in [-0.1, -0.05) is 35.9 Å². The van der Waals surface area contributed by atoms with Gasteiger partial charge in [-0.15, -0.1) is 0 Å². The molecule has 0 aliphatic carbocycles. The third kappa shape index (κ3) is 8.69. The second kappa shape index (κ2) is 18.0. The Morgan fingerprint density at radius 3 is 2.33 bits per heavy atom. The molecule has 0 saturated carbocycles. The van der Waals surface area contributed by atoms with Gasteiger partial charge in [-0.05, 0) is 87.9 Å². The Kier molecular flexibility index (Phi) is 12.5. The van der Waals surface area contributed by atoms with Gasteiger partial charge in [-0.3, -0.25) is 39.0 Å². The van der Waals surface area contributed by atoms with E-state index in [1.165, 1.54) is 4.90 Å². The number of carboxylic acid groups (broad SMARTS) is 1. The van der Waals surface area contributed by atoms with Gasteiger partial charge in [0.25, 0.3) is 5.91 Å². The van der Waals surface area contributed by atoms with Crippen LogP contribution in [-0.4, -0.2) is 116 Å². The van der Waals surface area contributed by atoms with Crippen LogP contribution in [0.1, 0.15) is 73.8 Å². The number of carbonyl (C=O) groups excluding carboxylic acids is 4. The first-order valence-electron chi connectivity index (χ1n) is 21.5. The number of hydrogen-bond donors (Lipinski definition) is 3. The first-order valence-corrected chi connectivity index (χ1v) is 21.9. The lowest BCUT2D eigenvalue weighted by atomic mass is 9.98. The number of ether oxygens (including phenoxy) is 1. The first-order chi connectivity index (χ1) is 30.2. The van der Waals surface area contributed by atoms with Crippen molar-refractivity contribution in [2.45, 2.75) is 72.5 Å². The molecule has 15 nitrogen and oxygen atoms in total. The number of rotatable bonds is 14. The van der Waals surface area contributed by atoms with Crippen LogP contribution in [0.4, 0.5) is 5.69 Å². The summed E-state index contributed by atoms with van der Waals surface area (Å²) in [6, 6.07) is 14.3. The molecule has 3 aromatic carbocycles. The van der Waals surface area contributed by atoms with Crippen molar-refractivity contribution in [1.82, 2.24) is 34.4 Å². The quantitative estimate of drug-likeness (QED) is 0.0935. The van der Waals surface area contributed by atoms with Crippen LogP contribution >= 0.6 is 11.6 Å². The monoisotopic (exact) mass is 876 g/mol. The molecule has 0 bridgehead atoms. The zero-order chi connectivity index (χ0) is 44.7. The van der Waals surface area contributed by atoms with Gasteiger partial charge in [0.05, 0.1) is 24.4 Å². The Morgan fingerprint density at radius 2 is 1.65 bits per heavy atom. The average Bonchev–Trinajstić information content (AvgIpc) is 3.85. The van der Waals surface area contributed by atoms with E-state index < -0.39 is 17.9 Å². The number of piperazine rings is 1. The number of benzene rings is 3. The SMILES string of the molecule is Cc1cc(OCCCc2c(C(=O)O)n(CCN3CCN(CC(=O)Nc4cccc5c4CN(C4CCC(=O)NC4=O)C5=O)CC3)c3c(-c4c(C)nn(C)c4C)cccc23)cc(C)c1Cl. The van der Waals surface area contributed by atoms with E-state index >= 15 is 0 Å². The number of halogens is 1. The van der Waals surface area contributed by atoms with Crippen molar-refractivity contribution in [3.63, 3.8) is 0 Å². The average molecular weight is 877 g/mol. The molecule has 2 saturated heterocycles. The Morgan fingerprint density at radius 1 is 0.952 bits per heavy atom. The van der Waals surface area contributed by atoms with E-state index in [2.05, 4.69) is 26.5 Å². The number of aryl methyl sites for hydroxylation is 5. The van der Waals surface area contributed by atoms with E-state index in [9.17, 15) is 29.1 Å². The minimum Gasteiger partial charge on any atom is -0.494 e. The van der Waals surface area contributed by atoms with Crippen molar-refractivity contribution in [1.29, 1.82) is 0 Å². The van der Waals surface area contributed by atoms with Crippen LogP contribution in [-0.2, 0) is 40.9 Å². The standard InChI is InChI=1S/C47H53ClN8O7/c1-27-23-31(24-28(2)42(27)48)63-22-8-12-33-32-9-6-11-35(41-29(3)51-52(5)30(41)4)43(32)55(44(33)47(61)62)21-20-53-16-18-54(19-17-53)26-40(58)49-37-13-7-10-34-36(37)25-56(46(34)60)38-14-15-39(57)50-45(38)59/h6-7,9-11,13,23-24,38H,8,12,14-22,25-26H2,1-5H3,(H,49,58)(H,61,62)(H,50,57,59). The van der Waals surface area contributed by atoms with Crippen LogP contribution in [0, 0.1) is 27.7 Å². The van der Waals surface area contributed by atoms with E-state index in [0.29, 0.717) is 75.5 Å². The first kappa shape index (κ1) is 43.6. The number of para-hydroxylation sites is 1. The highest BCUT2D eigenvalue weighted by atomic mass is 35.5. The van der Waals surface area contributed by atoms with Crippen LogP contribution in [0.5, 0.6) is 5.75 Å². The van der Waals surface area contributed by atoms with Crippen LogP contribution in [0.25, 0.3) is 22.0 Å². The van der Waals surface area contributed by atoms with Crippen molar-refractivity contribution < 1.29 is 33.8 Å². The molecule has 5 heterocycles. The van der Waals surface area contributed by atoms with Crippen molar-refractivity contribution in [3.8, 4) is 16.9 Å². The van der Waals surface area contributed by atoms with Gasteiger partial charge in [0, 0.05) is 103 Å². The topological polar surface area (TPSA) is 171 Å². The van der Waals surface area contributed by atoms with Gasteiger partial charge in [-0.25, -0.2) is 4.79 Å². The van der Waals surface area contributed by atoms with Gasteiger partial charge in [-0.2, -0.15) is 5.10 Å². The number of fused-ring (bicyclic) bond motifs is 2. The highest BCUT2D eigenvalue weighted by Gasteiger charge is 2.40. The number of anilines is 1. The Bertz CT molecular complexity index is 2640. The minimum absolute atomic E-state index is 0.158. The number of nitrogens with one attached hydrogen (secondary N) is 2. The maximum atomic E-state index is 13.4. The third-order valence-electron chi connectivity index (χ3n) is 12.7. The summed E-state index contributed by atoms with van der Waals surface area (Å²) in [5.41, 5.74) is 9.23. The van der Waals surface area contributed by atoms with E-state index in [4.69, 9.17) is 21.4 Å². The zero-order valence-corrected chi connectivity index (χ0v) is 37.1. The normalized spacial score (nSPS) is 17.1. The second-order valence-corrected chi connectivity index (χ2v) is 17.3. The number of amides is 4. The summed E-state index contributed by atoms with van der Waals surface area (Å²) in [5, 5.41) is 22.5. The van der Waals surface area contributed by atoms with Gasteiger partial charge in [0.1, 0.15) is 17.5 Å². The maximum Gasteiger partial charge on any atom is 0.352 e. The smallest absolute Gasteiger partial charge is 0.352 e. The zero-order valence-electron chi connectivity index (χ0n) is 36.3. The molecule has 63 heavy (non-hydrogen) atoms. The number of aromatic nitrogens is 3. The van der Waals surface area contributed by atoms with Crippen molar-refractivity contribution >= 4 is 57.8 Å². The highest BCUT2D eigenvalue weighted by molar-refractivity contribution is 6.32. The van der Waals surface area contributed by atoms with E-state index in [-0.39, 0.29) is 49.3 Å². The molecule has 3 N–H and O–H groups in total. The molecule has 5 aromatic rings. The van der Waals surface area contributed by atoms with Crippen LogP contribution in [0.15, 0.2) is 48.5 Å². The summed E-state index contributed by atoms with van der Waals surface area (Å²) >= 11 is 6.38. The number of piperidine rings is 1. The number of aromatic carboxylic acids is 1. The summed E-state index contributed by atoms with van der Waals surface area (Å²) in [5.74, 6) is -1.58. The van der Waals surface area contributed by atoms with Crippen molar-refractivity contribution in [3.05, 3.63) is 98.5 Å². The molecule has 0 spiro atoms. The lowest BCUT2D eigenvalue weighted by molar-refractivity contribution is -0.137. The predicted octanol–water partition coefficient (Wildman–Crippen LogP) is 5.66. The van der Waals surface area contributed by atoms with Crippen molar-refractivity contribution in [2.24, 2.45) is 7.05 Å². The molecule has 4 amide bonds. The molecule has 330 valence electrons. The molecule has 2 aromatic heterocycles. The number of imide groups is 1. The van der Waals surface area contributed by atoms with Gasteiger partial charge >= 0.3 is 5.97 Å². The molecule has 0 radical (unpaired) electrons. The van der Waals surface area contributed by atoms with Crippen molar-refractivity contribution in [2.75, 3.05) is 51.2 Å². The molecule has 3 aliphatic heterocycles. The fourth-order valence-corrected chi connectivity index (χ4v) is 9.61. The fraction of sp³-hybridized carbons (Fsp3) is 0.404. The Balaban J connectivity index is 0.945. The lowest BCUT2D eigenvalue weighted by Gasteiger charge is -2.34. The Hall–Kier alpha value is -6.03. The number of carboxylic acids is 1. The van der Waals surface area contributed by atoms with Gasteiger partial charge in [0.2, 0.25) is 17.7 Å². The number of hydrogen-bond acceptors (Lipinski definition) is 9. The maximum absolute atomic E-state index is 13.4. The summed E-state index contributed by atoms with van der Waals surface area (Å²) in [7, 11) is 1.92. The molecule has 1 unspecified atom stereocenters. The molecule has 8 rings (SSSR count). The molecule has 1 atom stereocenters. The fourth-order valence-electron chi connectivity index (χ4n) is 9.50. The van der Waals surface area contributed by atoms with Gasteiger partial charge < -0.3 is 24.6 Å². The summed E-state index contributed by atoms with van der Waals surface area (Å²) in [6.07, 6.45) is 1.54. The molecule has 16 heteroatoms. The van der Waals surface area contributed by atoms with Crippen LogP contribution in [0.3, 0.4) is 0 Å². The molecular formula is C47H53ClN8O7. The summed E-state index contributed by atoms with van der Waals surface area (Å²) in [6.45, 7) is 12.3. The summed E-state index contributed by atoms with van der Waals surface area (Å²) < 4.78 is 9.97. The molecule has 2 fully saturated rings. The molecular weight excluding hydrogens is 824 g/mol. The summed E-state index contributed by atoms with van der Waals surface area (Å²) in [4.78, 5) is 70.1. The van der Waals surface area contributed by atoms with E-state index in [0.717, 1.165) is 60.9 Å². The van der Waals surface area contributed by atoms with E-state index in [1.807, 2.05) is 68.3 Å².